The van der Waals surface area contributed by atoms with Crippen LogP contribution in [0.3, 0.4) is 0 Å². The molecule has 0 fully saturated rings. The molecule has 94 valence electrons. The molecule has 0 aliphatic carbocycles. The average molecular weight is 266 g/mol. The van der Waals surface area contributed by atoms with Crippen LogP contribution in [0.5, 0.6) is 11.5 Å². The van der Waals surface area contributed by atoms with E-state index in [9.17, 15) is 4.79 Å². The van der Waals surface area contributed by atoms with Crippen molar-refractivity contribution >= 4 is 35.5 Å². The van der Waals surface area contributed by atoms with E-state index in [2.05, 4.69) is 0 Å². The van der Waals surface area contributed by atoms with Crippen LogP contribution in [0.15, 0.2) is 54.6 Å². The van der Waals surface area contributed by atoms with Crippen molar-refractivity contribution < 1.29 is 14.3 Å². The van der Waals surface area contributed by atoms with Gasteiger partial charge in [0.05, 0.1) is 0 Å². The molecule has 0 spiro atoms. The SMILES string of the molecule is Cc1ccccc1OC(=O)COc1ccccc1.[NaH]. The second-order valence-electron chi connectivity index (χ2n) is 3.84. The normalized spacial score (nSPS) is 9.32. The van der Waals surface area contributed by atoms with Crippen LogP contribution in [0, 0.1) is 6.92 Å². The summed E-state index contributed by atoms with van der Waals surface area (Å²) in [6.45, 7) is 1.79. The molecule has 0 unspecified atom stereocenters. The van der Waals surface area contributed by atoms with Gasteiger partial charge in [-0.1, -0.05) is 36.4 Å². The predicted octanol–water partition coefficient (Wildman–Crippen LogP) is 2.33. The van der Waals surface area contributed by atoms with Gasteiger partial charge in [0, 0.05) is 0 Å². The summed E-state index contributed by atoms with van der Waals surface area (Å²) in [6, 6.07) is 16.5. The van der Waals surface area contributed by atoms with Gasteiger partial charge in [0.2, 0.25) is 0 Å². The molecule has 0 atom stereocenters. The zero-order chi connectivity index (χ0) is 12.8. The Bertz CT molecular complexity index is 526. The van der Waals surface area contributed by atoms with Gasteiger partial charge in [0.15, 0.2) is 6.61 Å². The fourth-order valence-corrected chi connectivity index (χ4v) is 1.48. The second kappa shape index (κ2) is 8.00. The van der Waals surface area contributed by atoms with Gasteiger partial charge in [-0.2, -0.15) is 0 Å². The van der Waals surface area contributed by atoms with Gasteiger partial charge in [-0.25, -0.2) is 4.79 Å². The Labute approximate surface area is 134 Å². The third kappa shape index (κ3) is 5.07. The van der Waals surface area contributed by atoms with Gasteiger partial charge in [-0.15, -0.1) is 0 Å². The fraction of sp³-hybridized carbons (Fsp3) is 0.133. The third-order valence-electron chi connectivity index (χ3n) is 2.42. The Kier molecular flexibility index (Phi) is 6.64. The molecule has 0 N–H and O–H groups in total. The molecule has 3 nitrogen and oxygen atoms in total. The molecule has 0 radical (unpaired) electrons. The van der Waals surface area contributed by atoms with E-state index >= 15 is 0 Å². The summed E-state index contributed by atoms with van der Waals surface area (Å²) in [5, 5.41) is 0. The predicted molar refractivity (Wildman–Crippen MR) is 75.9 cm³/mol. The molecule has 0 aromatic heterocycles. The summed E-state index contributed by atoms with van der Waals surface area (Å²) >= 11 is 0. The first-order chi connectivity index (χ1) is 8.75. The molecule has 0 bridgehead atoms. The maximum atomic E-state index is 11.6. The van der Waals surface area contributed by atoms with Gasteiger partial charge in [-0.3, -0.25) is 0 Å². The Morgan fingerprint density at radius 3 is 2.32 bits per heavy atom. The van der Waals surface area contributed by atoms with Crippen molar-refractivity contribution in [3.63, 3.8) is 0 Å². The van der Waals surface area contributed by atoms with Crippen LogP contribution < -0.4 is 9.47 Å². The van der Waals surface area contributed by atoms with Crippen molar-refractivity contribution in [3.8, 4) is 11.5 Å². The number of benzene rings is 2. The summed E-state index contributed by atoms with van der Waals surface area (Å²) in [6.07, 6.45) is 0. The van der Waals surface area contributed by atoms with Crippen molar-refractivity contribution in [2.24, 2.45) is 0 Å². The van der Waals surface area contributed by atoms with Crippen LogP contribution >= 0.6 is 0 Å². The van der Waals surface area contributed by atoms with E-state index in [4.69, 9.17) is 9.47 Å². The van der Waals surface area contributed by atoms with Crippen LogP contribution in [0.2, 0.25) is 0 Å². The Morgan fingerprint density at radius 2 is 1.63 bits per heavy atom. The fourth-order valence-electron chi connectivity index (χ4n) is 1.48. The Hall–Kier alpha value is -1.29. The van der Waals surface area contributed by atoms with E-state index in [1.807, 2.05) is 43.3 Å². The number of rotatable bonds is 4. The standard InChI is InChI=1S/C15H14O3.Na.H/c1-12-7-5-6-10-14(12)18-15(16)11-17-13-8-3-2-4-9-13;;/h2-10H,11H2,1H3;;. The quantitative estimate of drug-likeness (QED) is 0.484. The van der Waals surface area contributed by atoms with Crippen LogP contribution in [0.4, 0.5) is 0 Å². The summed E-state index contributed by atoms with van der Waals surface area (Å²) < 4.78 is 10.5. The molecule has 2 rings (SSSR count). The molecular weight excluding hydrogens is 251 g/mol. The molecule has 0 aliphatic heterocycles. The molecule has 0 saturated carbocycles. The molecule has 2 aromatic rings. The van der Waals surface area contributed by atoms with Crippen LogP contribution in [0.1, 0.15) is 5.56 Å². The average Bonchev–Trinajstić information content (AvgIpc) is 2.40. The van der Waals surface area contributed by atoms with E-state index in [-0.39, 0.29) is 36.2 Å². The van der Waals surface area contributed by atoms with Gasteiger partial charge in [-0.05, 0) is 30.7 Å². The van der Waals surface area contributed by atoms with Crippen molar-refractivity contribution in [1.29, 1.82) is 0 Å². The summed E-state index contributed by atoms with van der Waals surface area (Å²) in [5.41, 5.74) is 0.922. The molecule has 19 heavy (non-hydrogen) atoms. The van der Waals surface area contributed by atoms with E-state index < -0.39 is 5.97 Å². The molecule has 2 aromatic carbocycles. The van der Waals surface area contributed by atoms with Crippen LogP contribution in [-0.4, -0.2) is 42.1 Å². The summed E-state index contributed by atoms with van der Waals surface area (Å²) in [7, 11) is 0. The van der Waals surface area contributed by atoms with Crippen molar-refractivity contribution in [2.45, 2.75) is 6.92 Å². The van der Waals surface area contributed by atoms with Gasteiger partial charge >= 0.3 is 35.5 Å². The second-order valence-corrected chi connectivity index (χ2v) is 3.84. The molecule has 0 aliphatic rings. The number of carbonyl (C=O) groups excluding carboxylic acids is 1. The molecule has 0 amide bonds. The number of ether oxygens (including phenoxy) is 2. The topological polar surface area (TPSA) is 35.5 Å². The maximum absolute atomic E-state index is 11.6. The van der Waals surface area contributed by atoms with Gasteiger partial charge < -0.3 is 9.47 Å². The zero-order valence-corrected chi connectivity index (χ0v) is 10.1. The zero-order valence-electron chi connectivity index (χ0n) is 10.1. The Morgan fingerprint density at radius 1 is 1.00 bits per heavy atom. The van der Waals surface area contributed by atoms with E-state index in [0.717, 1.165) is 5.56 Å². The van der Waals surface area contributed by atoms with Gasteiger partial charge in [0.1, 0.15) is 11.5 Å². The summed E-state index contributed by atoms with van der Waals surface area (Å²) in [5.74, 6) is 0.812. The first kappa shape index (κ1) is 15.8. The monoisotopic (exact) mass is 266 g/mol. The number of para-hydroxylation sites is 2. The Balaban J connectivity index is 0.00000180. The van der Waals surface area contributed by atoms with Crippen molar-refractivity contribution in [2.75, 3.05) is 6.61 Å². The van der Waals surface area contributed by atoms with E-state index in [0.29, 0.717) is 11.5 Å². The van der Waals surface area contributed by atoms with Crippen molar-refractivity contribution in [1.82, 2.24) is 0 Å². The number of carbonyl (C=O) groups is 1. The number of hydrogen-bond acceptors (Lipinski definition) is 3. The summed E-state index contributed by atoms with van der Waals surface area (Å²) in [4.78, 5) is 11.6. The van der Waals surface area contributed by atoms with Crippen LogP contribution in [0.25, 0.3) is 0 Å². The minimum atomic E-state index is -0.409. The van der Waals surface area contributed by atoms with E-state index in [1.165, 1.54) is 0 Å². The molecular formula is C15H15NaO3. The molecule has 4 heteroatoms. The molecule has 0 saturated heterocycles. The molecule has 0 heterocycles. The number of hydrogen-bond donors (Lipinski definition) is 0. The van der Waals surface area contributed by atoms with E-state index in [1.54, 1.807) is 18.2 Å². The first-order valence-electron chi connectivity index (χ1n) is 5.70. The minimum absolute atomic E-state index is 0. The van der Waals surface area contributed by atoms with Crippen molar-refractivity contribution in [3.05, 3.63) is 60.2 Å². The number of aryl methyl sites for hydroxylation is 1. The third-order valence-corrected chi connectivity index (χ3v) is 2.42. The first-order valence-corrected chi connectivity index (χ1v) is 5.70. The van der Waals surface area contributed by atoms with Gasteiger partial charge in [0.25, 0.3) is 0 Å². The number of esters is 1. The van der Waals surface area contributed by atoms with Crippen LogP contribution in [-0.2, 0) is 4.79 Å².